The van der Waals surface area contributed by atoms with Crippen molar-refractivity contribution in [3.63, 3.8) is 0 Å². The van der Waals surface area contributed by atoms with Gasteiger partial charge in [0.25, 0.3) is 5.91 Å². The van der Waals surface area contributed by atoms with Crippen molar-refractivity contribution >= 4 is 34.7 Å². The number of amides is 2. The zero-order chi connectivity index (χ0) is 24.9. The molecule has 2 aromatic carbocycles. The lowest BCUT2D eigenvalue weighted by molar-refractivity contribution is -0.132. The van der Waals surface area contributed by atoms with E-state index in [2.05, 4.69) is 5.32 Å². The van der Waals surface area contributed by atoms with E-state index in [0.29, 0.717) is 37.7 Å². The van der Waals surface area contributed by atoms with E-state index in [1.807, 2.05) is 10.2 Å². The Morgan fingerprint density at radius 3 is 2.54 bits per heavy atom. The predicted molar refractivity (Wildman–Crippen MR) is 122 cm³/mol. The lowest BCUT2D eigenvalue weighted by Gasteiger charge is -2.27. The van der Waals surface area contributed by atoms with Crippen LogP contribution < -0.4 is 25.9 Å². The minimum Gasteiger partial charge on any atom is -0.442 e. The van der Waals surface area contributed by atoms with Gasteiger partial charge in [0.2, 0.25) is 5.43 Å². The maximum atomic E-state index is 14.8. The molecule has 2 fully saturated rings. The Morgan fingerprint density at radius 1 is 1.09 bits per heavy atom. The van der Waals surface area contributed by atoms with Crippen molar-refractivity contribution in [1.82, 2.24) is 5.32 Å². The molecule has 9 nitrogen and oxygen atoms in total. The standard InChI is InChI=1S/C23H23F3N4O5/c24-17-11-15(30-13-16(35-23(30)33)12-27-22(32)21(25)26)3-4-18(17)28-14-1-5-19(20(31)6-2-14)29-7-9-34-10-8-29/h1-6,11,16,21,28H,7-10,12-13H2,(H,27,32)/t16-/m0/s1. The number of carbonyl (C=O) groups excluding carboxylic acids is 2. The summed E-state index contributed by atoms with van der Waals surface area (Å²) in [5, 5.41) is 4.91. The van der Waals surface area contributed by atoms with Gasteiger partial charge in [-0.15, -0.1) is 0 Å². The number of ether oxygens (including phenoxy) is 2. The van der Waals surface area contributed by atoms with E-state index in [1.165, 1.54) is 18.2 Å². The fourth-order valence-electron chi connectivity index (χ4n) is 3.77. The lowest BCUT2D eigenvalue weighted by Crippen LogP contribution is -2.38. The summed E-state index contributed by atoms with van der Waals surface area (Å²) in [6.07, 6.45) is -4.80. The van der Waals surface area contributed by atoms with Crippen LogP contribution in [0.2, 0.25) is 0 Å². The number of benzene rings is 1. The number of morpholine rings is 1. The van der Waals surface area contributed by atoms with Gasteiger partial charge in [0.1, 0.15) is 11.9 Å². The van der Waals surface area contributed by atoms with Gasteiger partial charge in [-0.1, -0.05) is 0 Å². The van der Waals surface area contributed by atoms with E-state index in [4.69, 9.17) is 9.47 Å². The normalized spacial score (nSPS) is 17.9. The molecule has 0 saturated carbocycles. The first-order valence-corrected chi connectivity index (χ1v) is 10.9. The molecular formula is C23H23F3N4O5. The molecule has 2 N–H and O–H groups in total. The van der Waals surface area contributed by atoms with E-state index in [0.717, 1.165) is 11.0 Å². The van der Waals surface area contributed by atoms with Crippen LogP contribution in [0.3, 0.4) is 0 Å². The van der Waals surface area contributed by atoms with Crippen LogP contribution in [0.5, 0.6) is 0 Å². The Kier molecular flexibility index (Phi) is 7.39. The van der Waals surface area contributed by atoms with Crippen LogP contribution in [0.1, 0.15) is 0 Å². The summed E-state index contributed by atoms with van der Waals surface area (Å²) < 4.78 is 49.8. The first-order chi connectivity index (χ1) is 16.8. The number of halogens is 3. The minimum atomic E-state index is -3.17. The zero-order valence-corrected chi connectivity index (χ0v) is 18.5. The fourth-order valence-corrected chi connectivity index (χ4v) is 3.77. The number of anilines is 4. The molecule has 0 unspecified atom stereocenters. The first kappa shape index (κ1) is 24.3. The van der Waals surface area contributed by atoms with Gasteiger partial charge in [0, 0.05) is 18.8 Å². The Morgan fingerprint density at radius 2 is 1.83 bits per heavy atom. The highest BCUT2D eigenvalue weighted by atomic mass is 19.3. The van der Waals surface area contributed by atoms with Crippen LogP contribution in [0, 0.1) is 5.82 Å². The van der Waals surface area contributed by atoms with Crippen molar-refractivity contribution in [1.29, 1.82) is 0 Å². The molecule has 2 amide bonds. The van der Waals surface area contributed by atoms with Gasteiger partial charge < -0.3 is 25.0 Å². The maximum absolute atomic E-state index is 14.8. The monoisotopic (exact) mass is 492 g/mol. The van der Waals surface area contributed by atoms with E-state index >= 15 is 0 Å². The van der Waals surface area contributed by atoms with Crippen molar-refractivity contribution in [3.8, 4) is 0 Å². The smallest absolute Gasteiger partial charge is 0.414 e. The highest BCUT2D eigenvalue weighted by Crippen LogP contribution is 2.28. The minimum absolute atomic E-state index is 0.0420. The van der Waals surface area contributed by atoms with Gasteiger partial charge in [-0.05, 0) is 42.5 Å². The molecule has 4 rings (SSSR count). The molecule has 186 valence electrons. The Hall–Kier alpha value is -3.80. The van der Waals surface area contributed by atoms with Crippen LogP contribution in [-0.2, 0) is 14.3 Å². The van der Waals surface area contributed by atoms with Crippen LogP contribution in [0.4, 0.5) is 40.7 Å². The average Bonchev–Trinajstić information content (AvgIpc) is 3.12. The summed E-state index contributed by atoms with van der Waals surface area (Å²) in [6.45, 7) is 1.96. The number of rotatable bonds is 7. The molecule has 2 aliphatic rings. The molecule has 0 aromatic heterocycles. The summed E-state index contributed by atoms with van der Waals surface area (Å²) >= 11 is 0. The topological polar surface area (TPSA) is 100 Å². The summed E-state index contributed by atoms with van der Waals surface area (Å²) in [4.78, 5) is 38.7. The third-order valence-electron chi connectivity index (χ3n) is 5.56. The molecule has 12 heteroatoms. The second kappa shape index (κ2) is 10.6. The zero-order valence-electron chi connectivity index (χ0n) is 18.5. The van der Waals surface area contributed by atoms with Gasteiger partial charge in [0.15, 0.2) is 0 Å². The Balaban J connectivity index is 1.43. The number of cyclic esters (lactones) is 1. The number of nitrogens with zero attached hydrogens (tertiary/aromatic N) is 2. The van der Waals surface area contributed by atoms with Gasteiger partial charge in [0.05, 0.1) is 43.4 Å². The van der Waals surface area contributed by atoms with E-state index < -0.39 is 30.3 Å². The molecule has 2 saturated heterocycles. The molecule has 0 spiro atoms. The maximum Gasteiger partial charge on any atom is 0.414 e. The van der Waals surface area contributed by atoms with Crippen LogP contribution in [-0.4, -0.2) is 63.9 Å². The van der Waals surface area contributed by atoms with Gasteiger partial charge in [-0.25, -0.2) is 9.18 Å². The van der Waals surface area contributed by atoms with Crippen molar-refractivity contribution in [2.45, 2.75) is 12.5 Å². The second-order valence-electron chi connectivity index (χ2n) is 7.92. The summed E-state index contributed by atoms with van der Waals surface area (Å²) in [5.41, 5.74) is 1.18. The van der Waals surface area contributed by atoms with E-state index in [9.17, 15) is 27.6 Å². The van der Waals surface area contributed by atoms with E-state index in [-0.39, 0.29) is 29.9 Å². The van der Waals surface area contributed by atoms with Crippen LogP contribution >= 0.6 is 0 Å². The van der Waals surface area contributed by atoms with Crippen molar-refractivity contribution in [2.24, 2.45) is 0 Å². The number of hydrogen-bond acceptors (Lipinski definition) is 7. The molecule has 2 aliphatic heterocycles. The van der Waals surface area contributed by atoms with Crippen LogP contribution in [0.15, 0.2) is 47.3 Å². The number of nitrogens with one attached hydrogen (secondary N) is 2. The Bertz CT molecular complexity index is 1160. The number of alkyl halides is 2. The highest BCUT2D eigenvalue weighted by molar-refractivity contribution is 5.90. The van der Waals surface area contributed by atoms with Crippen molar-refractivity contribution < 1.29 is 32.2 Å². The van der Waals surface area contributed by atoms with Crippen molar-refractivity contribution in [3.05, 3.63) is 58.5 Å². The highest BCUT2D eigenvalue weighted by Gasteiger charge is 2.33. The molecule has 2 heterocycles. The first-order valence-electron chi connectivity index (χ1n) is 10.9. The predicted octanol–water partition coefficient (Wildman–Crippen LogP) is 2.47. The van der Waals surface area contributed by atoms with Gasteiger partial charge in [-0.3, -0.25) is 14.5 Å². The molecular weight excluding hydrogens is 469 g/mol. The molecule has 0 bridgehead atoms. The number of carbonyl (C=O) groups is 2. The Labute approximate surface area is 198 Å². The average molecular weight is 492 g/mol. The molecule has 35 heavy (non-hydrogen) atoms. The summed E-state index contributed by atoms with van der Waals surface area (Å²) in [6, 6.07) is 10.4. The van der Waals surface area contributed by atoms with Gasteiger partial charge in [-0.2, -0.15) is 8.78 Å². The SMILES string of the molecule is O=C(NC[C@H]1CN(c2ccc(Nc3ccc(N4CCOCC4)c(=O)cc3)c(F)c2)C(=O)O1)C(F)F. The summed E-state index contributed by atoms with van der Waals surface area (Å²) in [7, 11) is 0. The molecule has 0 radical (unpaired) electrons. The third-order valence-corrected chi connectivity index (χ3v) is 5.56. The van der Waals surface area contributed by atoms with Crippen molar-refractivity contribution in [2.75, 3.05) is 54.5 Å². The number of hydrogen-bond donors (Lipinski definition) is 2. The molecule has 0 aliphatic carbocycles. The molecule has 1 atom stereocenters. The quantitative estimate of drug-likeness (QED) is 0.613. The second-order valence-corrected chi connectivity index (χ2v) is 7.92. The third kappa shape index (κ3) is 5.83. The molecule has 2 aromatic rings. The van der Waals surface area contributed by atoms with Gasteiger partial charge >= 0.3 is 12.5 Å². The fraction of sp³-hybridized carbons (Fsp3) is 0.348. The largest absolute Gasteiger partial charge is 0.442 e. The lowest BCUT2D eigenvalue weighted by atomic mass is 10.2. The van der Waals surface area contributed by atoms with Crippen LogP contribution in [0.25, 0.3) is 0 Å². The summed E-state index contributed by atoms with van der Waals surface area (Å²) in [5.74, 6) is -2.12. The van der Waals surface area contributed by atoms with E-state index in [1.54, 1.807) is 18.2 Å².